The number of rotatable bonds is 11. The van der Waals surface area contributed by atoms with E-state index >= 15 is 0 Å². The number of unbranched alkanes of at least 4 members (excludes halogenated alkanes) is 2. The van der Waals surface area contributed by atoms with E-state index in [0.29, 0.717) is 32.6 Å². The maximum absolute atomic E-state index is 12.2. The van der Waals surface area contributed by atoms with E-state index in [2.05, 4.69) is 0 Å². The van der Waals surface area contributed by atoms with Gasteiger partial charge in [0.25, 0.3) is 4.90 Å². The van der Waals surface area contributed by atoms with E-state index in [4.69, 9.17) is 9.05 Å². The minimum Gasteiger partial charge on any atom is -0.480 e. The van der Waals surface area contributed by atoms with Gasteiger partial charge in [0.2, 0.25) is 0 Å². The number of carboxylic acid groups (broad SMARTS) is 1. The highest BCUT2D eigenvalue weighted by atomic mass is 31.2. The summed E-state index contributed by atoms with van der Waals surface area (Å²) in [4.78, 5) is 28.2. The van der Waals surface area contributed by atoms with Crippen LogP contribution in [-0.4, -0.2) is 39.0 Å². The zero-order valence-corrected chi connectivity index (χ0v) is 14.3. The van der Waals surface area contributed by atoms with Crippen molar-refractivity contribution in [3.63, 3.8) is 0 Å². The molecule has 0 aliphatic heterocycles. The molecule has 0 radical (unpaired) electrons. The number of carboxylic acids is 1. The Kier molecular flexibility index (Phi) is 8.32. The molecule has 0 spiro atoms. The Bertz CT molecular complexity index is 406. The molecule has 0 aromatic heterocycles. The summed E-state index contributed by atoms with van der Waals surface area (Å²) in [6, 6.07) is 0. The SMILES string of the molecule is CCCCOP(=O)(O)C(C)(C(=O)O)P(=O)(O)OCCCC. The van der Waals surface area contributed by atoms with Crippen LogP contribution >= 0.6 is 15.2 Å². The molecule has 10 heteroatoms. The maximum Gasteiger partial charge on any atom is 0.357 e. The lowest BCUT2D eigenvalue weighted by Crippen LogP contribution is -2.36. The number of carbonyl (C=O) groups is 1. The first-order chi connectivity index (χ1) is 9.56. The van der Waals surface area contributed by atoms with Crippen molar-refractivity contribution in [2.24, 2.45) is 0 Å². The number of hydrogen-bond donors (Lipinski definition) is 3. The predicted octanol–water partition coefficient (Wildman–Crippen LogP) is 2.79. The largest absolute Gasteiger partial charge is 0.480 e. The van der Waals surface area contributed by atoms with Crippen LogP contribution in [0.25, 0.3) is 0 Å². The topological polar surface area (TPSA) is 130 Å². The molecule has 0 rings (SSSR count). The lowest BCUT2D eigenvalue weighted by Gasteiger charge is -2.32. The molecule has 0 fully saturated rings. The Hall–Kier alpha value is -0.230. The minimum absolute atomic E-state index is 0.178. The van der Waals surface area contributed by atoms with Gasteiger partial charge in [-0.05, 0) is 19.8 Å². The highest BCUT2D eigenvalue weighted by Crippen LogP contribution is 2.73. The normalized spacial score (nSPS) is 20.2. The number of hydrogen-bond acceptors (Lipinski definition) is 5. The Morgan fingerprint density at radius 1 is 1.00 bits per heavy atom. The van der Waals surface area contributed by atoms with Crippen molar-refractivity contribution in [1.82, 2.24) is 0 Å². The molecular weight excluding hydrogens is 322 g/mol. The molecule has 3 N–H and O–H groups in total. The first kappa shape index (κ1) is 20.8. The third kappa shape index (κ3) is 4.88. The molecule has 2 atom stereocenters. The first-order valence-electron chi connectivity index (χ1n) is 6.75. The summed E-state index contributed by atoms with van der Waals surface area (Å²) in [5.41, 5.74) is 0. The van der Waals surface area contributed by atoms with Crippen LogP contribution in [0.3, 0.4) is 0 Å². The van der Waals surface area contributed by atoms with Gasteiger partial charge in [-0.15, -0.1) is 0 Å². The molecule has 21 heavy (non-hydrogen) atoms. The maximum atomic E-state index is 12.2. The summed E-state index contributed by atoms with van der Waals surface area (Å²) >= 11 is 0. The Balaban J connectivity index is 5.35. The van der Waals surface area contributed by atoms with Crippen LogP contribution in [0, 0.1) is 0 Å². The molecule has 0 aromatic carbocycles. The van der Waals surface area contributed by atoms with Gasteiger partial charge in [0.15, 0.2) is 0 Å². The van der Waals surface area contributed by atoms with Crippen LogP contribution in [0.5, 0.6) is 0 Å². The fourth-order valence-electron chi connectivity index (χ4n) is 1.32. The van der Waals surface area contributed by atoms with Crippen molar-refractivity contribution in [1.29, 1.82) is 0 Å². The summed E-state index contributed by atoms with van der Waals surface area (Å²) in [5.74, 6) is -1.91. The van der Waals surface area contributed by atoms with E-state index < -0.39 is 26.1 Å². The first-order valence-corrected chi connectivity index (χ1v) is 9.90. The van der Waals surface area contributed by atoms with Gasteiger partial charge in [-0.3, -0.25) is 13.9 Å². The van der Waals surface area contributed by atoms with Crippen LogP contribution in [0.4, 0.5) is 0 Å². The minimum atomic E-state index is -4.91. The van der Waals surface area contributed by atoms with Crippen molar-refractivity contribution < 1.29 is 37.9 Å². The lowest BCUT2D eigenvalue weighted by molar-refractivity contribution is -0.138. The summed E-state index contributed by atoms with van der Waals surface area (Å²) in [6.07, 6.45) is 2.17. The van der Waals surface area contributed by atoms with Gasteiger partial charge in [-0.2, -0.15) is 0 Å². The molecule has 0 aliphatic carbocycles. The Labute approximate surface area is 124 Å². The smallest absolute Gasteiger partial charge is 0.357 e. The zero-order chi connectivity index (χ0) is 16.7. The van der Waals surface area contributed by atoms with E-state index in [1.807, 2.05) is 13.8 Å². The van der Waals surface area contributed by atoms with Gasteiger partial charge < -0.3 is 23.9 Å². The second kappa shape index (κ2) is 8.42. The van der Waals surface area contributed by atoms with E-state index in [0.717, 1.165) is 0 Å². The molecule has 2 unspecified atom stereocenters. The van der Waals surface area contributed by atoms with Gasteiger partial charge in [0.05, 0.1) is 13.2 Å². The molecule has 8 nitrogen and oxygen atoms in total. The van der Waals surface area contributed by atoms with Gasteiger partial charge in [0, 0.05) is 0 Å². The van der Waals surface area contributed by atoms with E-state index in [1.165, 1.54) is 0 Å². The van der Waals surface area contributed by atoms with Crippen LogP contribution in [0.2, 0.25) is 0 Å². The molecule has 0 aliphatic rings. The van der Waals surface area contributed by atoms with Gasteiger partial charge in [0.1, 0.15) is 0 Å². The fourth-order valence-corrected chi connectivity index (χ4v) is 4.68. The molecule has 126 valence electrons. The van der Waals surface area contributed by atoms with Crippen LogP contribution in [0.15, 0.2) is 0 Å². The monoisotopic (exact) mass is 346 g/mol. The van der Waals surface area contributed by atoms with E-state index in [-0.39, 0.29) is 13.2 Å². The van der Waals surface area contributed by atoms with Gasteiger partial charge >= 0.3 is 21.2 Å². The molecule has 0 saturated heterocycles. The van der Waals surface area contributed by atoms with Crippen molar-refractivity contribution in [3.8, 4) is 0 Å². The third-order valence-electron chi connectivity index (χ3n) is 3.03. The average Bonchev–Trinajstić information content (AvgIpc) is 2.37. The predicted molar refractivity (Wildman–Crippen MR) is 77.4 cm³/mol. The highest BCUT2D eigenvalue weighted by molar-refractivity contribution is 7.75. The molecule has 0 bridgehead atoms. The Morgan fingerprint density at radius 2 is 1.33 bits per heavy atom. The molecule has 0 saturated carbocycles. The van der Waals surface area contributed by atoms with Crippen molar-refractivity contribution in [2.45, 2.75) is 51.4 Å². The molecule has 0 amide bonds. The van der Waals surface area contributed by atoms with E-state index in [1.54, 1.807) is 0 Å². The van der Waals surface area contributed by atoms with Crippen molar-refractivity contribution in [2.75, 3.05) is 13.2 Å². The van der Waals surface area contributed by atoms with E-state index in [9.17, 15) is 28.8 Å². The second-order valence-corrected chi connectivity index (χ2v) is 9.48. The van der Waals surface area contributed by atoms with Gasteiger partial charge in [-0.1, -0.05) is 26.7 Å². The lowest BCUT2D eigenvalue weighted by atomic mass is 10.4. The third-order valence-corrected chi connectivity index (χ3v) is 8.20. The molecular formula is C11H24O8P2. The van der Waals surface area contributed by atoms with Crippen LogP contribution < -0.4 is 0 Å². The van der Waals surface area contributed by atoms with Crippen LogP contribution in [-0.2, 0) is 23.0 Å². The Morgan fingerprint density at radius 3 is 1.57 bits per heavy atom. The number of aliphatic carboxylic acids is 1. The van der Waals surface area contributed by atoms with Gasteiger partial charge in [-0.25, -0.2) is 0 Å². The summed E-state index contributed by atoms with van der Waals surface area (Å²) in [6.45, 7) is 3.97. The van der Waals surface area contributed by atoms with Crippen molar-refractivity contribution >= 4 is 21.2 Å². The summed E-state index contributed by atoms with van der Waals surface area (Å²) in [7, 11) is -9.82. The highest BCUT2D eigenvalue weighted by Gasteiger charge is 2.65. The fraction of sp³-hybridized carbons (Fsp3) is 0.909. The average molecular weight is 346 g/mol. The summed E-state index contributed by atoms with van der Waals surface area (Å²) in [5, 5.41) is 9.19. The van der Waals surface area contributed by atoms with Crippen LogP contribution in [0.1, 0.15) is 46.5 Å². The molecule has 0 heterocycles. The second-order valence-electron chi connectivity index (χ2n) is 4.74. The summed E-state index contributed by atoms with van der Waals surface area (Å²) < 4.78 is 33.8. The standard InChI is InChI=1S/C11H24O8P2/c1-4-6-8-18-20(14,15)11(3,10(12)13)21(16,17)19-9-7-5-2/h4-9H2,1-3H3,(H,12,13)(H,14,15)(H,16,17). The zero-order valence-electron chi connectivity index (χ0n) is 12.5. The van der Waals surface area contributed by atoms with Crippen molar-refractivity contribution in [3.05, 3.63) is 0 Å². The molecule has 0 aromatic rings. The quantitative estimate of drug-likeness (QED) is 0.384.